The summed E-state index contributed by atoms with van der Waals surface area (Å²) in [4.78, 5) is 15.4. The summed E-state index contributed by atoms with van der Waals surface area (Å²) < 4.78 is 0. The average Bonchev–Trinajstić information content (AvgIpc) is 2.92. The third-order valence-corrected chi connectivity index (χ3v) is 4.82. The van der Waals surface area contributed by atoms with Gasteiger partial charge in [-0.25, -0.2) is 0 Å². The molecule has 1 aliphatic carbocycles. The third kappa shape index (κ3) is 2.58. The van der Waals surface area contributed by atoms with Crippen LogP contribution in [0.4, 0.5) is 0 Å². The minimum atomic E-state index is -0.401. The van der Waals surface area contributed by atoms with Crippen molar-refractivity contribution in [2.24, 2.45) is 10.9 Å². The van der Waals surface area contributed by atoms with Gasteiger partial charge in [0.2, 0.25) is 5.91 Å². The Morgan fingerprint density at radius 1 is 1.68 bits per heavy atom. The molecule has 104 valence electrons. The van der Waals surface area contributed by atoms with Gasteiger partial charge in [-0.2, -0.15) is 0 Å². The van der Waals surface area contributed by atoms with Crippen molar-refractivity contribution in [3.05, 3.63) is 21.9 Å². The summed E-state index contributed by atoms with van der Waals surface area (Å²) in [6.45, 7) is 1.75. The van der Waals surface area contributed by atoms with E-state index in [4.69, 9.17) is 10.9 Å². The number of amides is 1. The van der Waals surface area contributed by atoms with Crippen molar-refractivity contribution in [2.75, 3.05) is 7.05 Å². The predicted molar refractivity (Wildman–Crippen MR) is 75.6 cm³/mol. The number of nitrogens with zero attached hydrogens (tertiary/aromatic N) is 2. The molecule has 0 fully saturated rings. The lowest BCUT2D eigenvalue weighted by Gasteiger charge is -2.30. The first-order chi connectivity index (χ1) is 9.06. The van der Waals surface area contributed by atoms with E-state index in [0.29, 0.717) is 0 Å². The number of hydrogen-bond acceptors (Lipinski definition) is 4. The van der Waals surface area contributed by atoms with Gasteiger partial charge in [0.1, 0.15) is 0 Å². The first-order valence-corrected chi connectivity index (χ1v) is 7.24. The SMILES string of the molecule is CC(/C(N)=N/O)N(C)C(=O)C1CCCc2sccc21. The topological polar surface area (TPSA) is 78.9 Å². The van der Waals surface area contributed by atoms with Crippen molar-refractivity contribution in [3.8, 4) is 0 Å². The van der Waals surface area contributed by atoms with Gasteiger partial charge in [0.15, 0.2) is 5.84 Å². The molecule has 5 nitrogen and oxygen atoms in total. The molecule has 2 atom stereocenters. The molecule has 1 aromatic heterocycles. The molecule has 0 bridgehead atoms. The van der Waals surface area contributed by atoms with E-state index >= 15 is 0 Å². The Kier molecular flexibility index (Phi) is 4.09. The Balaban J connectivity index is 2.18. The second kappa shape index (κ2) is 5.61. The highest BCUT2D eigenvalue weighted by atomic mass is 32.1. The summed E-state index contributed by atoms with van der Waals surface area (Å²) >= 11 is 1.72. The lowest BCUT2D eigenvalue weighted by atomic mass is 9.86. The number of oxime groups is 1. The van der Waals surface area contributed by atoms with Gasteiger partial charge in [0, 0.05) is 11.9 Å². The molecule has 3 N–H and O–H groups in total. The minimum Gasteiger partial charge on any atom is -0.409 e. The minimum absolute atomic E-state index is 0.0402. The number of thiophene rings is 1. The molecule has 1 aliphatic rings. The first-order valence-electron chi connectivity index (χ1n) is 6.36. The zero-order chi connectivity index (χ0) is 14.0. The molecular weight excluding hydrogens is 262 g/mol. The predicted octanol–water partition coefficient (Wildman–Crippen LogP) is 1.76. The van der Waals surface area contributed by atoms with Crippen LogP contribution < -0.4 is 5.73 Å². The lowest BCUT2D eigenvalue weighted by Crippen LogP contribution is -2.46. The van der Waals surface area contributed by atoms with Gasteiger partial charge >= 0.3 is 0 Å². The van der Waals surface area contributed by atoms with Crippen molar-refractivity contribution >= 4 is 23.1 Å². The number of carbonyl (C=O) groups excluding carboxylic acids is 1. The van der Waals surface area contributed by atoms with Gasteiger partial charge in [-0.1, -0.05) is 5.16 Å². The maximum absolute atomic E-state index is 12.6. The number of fused-ring (bicyclic) bond motifs is 1. The van der Waals surface area contributed by atoms with Crippen LogP contribution in [0.3, 0.4) is 0 Å². The summed E-state index contributed by atoms with van der Waals surface area (Å²) in [7, 11) is 1.70. The van der Waals surface area contributed by atoms with E-state index in [9.17, 15) is 4.79 Å². The molecule has 19 heavy (non-hydrogen) atoms. The van der Waals surface area contributed by atoms with Crippen LogP contribution >= 0.6 is 11.3 Å². The van der Waals surface area contributed by atoms with Crippen LogP contribution in [0.25, 0.3) is 0 Å². The largest absolute Gasteiger partial charge is 0.409 e. The van der Waals surface area contributed by atoms with Crippen LogP contribution in [0.2, 0.25) is 0 Å². The van der Waals surface area contributed by atoms with Crippen molar-refractivity contribution in [1.82, 2.24) is 4.90 Å². The quantitative estimate of drug-likeness (QED) is 0.383. The van der Waals surface area contributed by atoms with Crippen LogP contribution in [0.1, 0.15) is 36.1 Å². The van der Waals surface area contributed by atoms with Crippen molar-refractivity contribution in [2.45, 2.75) is 38.1 Å². The fraction of sp³-hybridized carbons (Fsp3) is 0.538. The molecule has 1 heterocycles. The highest BCUT2D eigenvalue weighted by Gasteiger charge is 2.31. The lowest BCUT2D eigenvalue weighted by molar-refractivity contribution is -0.132. The number of hydrogen-bond donors (Lipinski definition) is 2. The number of aryl methyl sites for hydroxylation is 1. The molecule has 0 saturated carbocycles. The molecule has 2 rings (SSSR count). The highest BCUT2D eigenvalue weighted by molar-refractivity contribution is 7.10. The van der Waals surface area contributed by atoms with Crippen LogP contribution in [0.5, 0.6) is 0 Å². The Bertz CT molecular complexity index is 498. The van der Waals surface area contributed by atoms with E-state index < -0.39 is 6.04 Å². The number of nitrogens with two attached hydrogens (primary N) is 1. The van der Waals surface area contributed by atoms with Gasteiger partial charge in [0.25, 0.3) is 0 Å². The maximum Gasteiger partial charge on any atom is 0.230 e. The van der Waals surface area contributed by atoms with Gasteiger partial charge < -0.3 is 15.8 Å². The fourth-order valence-corrected chi connectivity index (χ4v) is 3.45. The van der Waals surface area contributed by atoms with E-state index in [1.807, 2.05) is 11.4 Å². The monoisotopic (exact) mass is 281 g/mol. The molecule has 1 aromatic rings. The number of likely N-dealkylation sites (N-methyl/N-ethyl adjacent to an activating group) is 1. The Morgan fingerprint density at radius 2 is 2.42 bits per heavy atom. The van der Waals surface area contributed by atoms with Gasteiger partial charge in [-0.15, -0.1) is 11.3 Å². The van der Waals surface area contributed by atoms with E-state index in [0.717, 1.165) is 24.8 Å². The van der Waals surface area contributed by atoms with E-state index in [-0.39, 0.29) is 17.7 Å². The molecular formula is C13H19N3O2S. The number of amidine groups is 1. The summed E-state index contributed by atoms with van der Waals surface area (Å²) in [6.07, 6.45) is 2.97. The second-order valence-electron chi connectivity index (χ2n) is 4.89. The van der Waals surface area contributed by atoms with Gasteiger partial charge in [-0.05, 0) is 43.2 Å². The molecule has 0 spiro atoms. The number of rotatable bonds is 3. The molecule has 0 radical (unpaired) electrons. The van der Waals surface area contributed by atoms with Crippen molar-refractivity contribution < 1.29 is 10.0 Å². The average molecular weight is 281 g/mol. The highest BCUT2D eigenvalue weighted by Crippen LogP contribution is 2.36. The Labute approximate surface area is 116 Å². The molecule has 0 aliphatic heterocycles. The van der Waals surface area contributed by atoms with Crippen LogP contribution in [-0.2, 0) is 11.2 Å². The van der Waals surface area contributed by atoms with Crippen molar-refractivity contribution in [3.63, 3.8) is 0 Å². The molecule has 0 aromatic carbocycles. The van der Waals surface area contributed by atoms with E-state index in [1.54, 1.807) is 30.2 Å². The zero-order valence-corrected chi connectivity index (χ0v) is 12.0. The number of carbonyl (C=O) groups is 1. The van der Waals surface area contributed by atoms with Crippen molar-refractivity contribution in [1.29, 1.82) is 0 Å². The summed E-state index contributed by atoms with van der Waals surface area (Å²) in [5, 5.41) is 13.7. The zero-order valence-electron chi connectivity index (χ0n) is 11.2. The third-order valence-electron chi connectivity index (χ3n) is 3.82. The standard InChI is InChI=1S/C13H19N3O2S/c1-8(12(14)15-18)16(2)13(17)10-4-3-5-11-9(10)6-7-19-11/h6-8,10,18H,3-5H2,1-2H3,(H2,14,15). The molecule has 2 unspecified atom stereocenters. The molecule has 6 heteroatoms. The summed E-state index contributed by atoms with van der Waals surface area (Å²) in [6, 6.07) is 1.64. The van der Waals surface area contributed by atoms with E-state index in [2.05, 4.69) is 5.16 Å². The molecule has 1 amide bonds. The first kappa shape index (κ1) is 13.9. The second-order valence-corrected chi connectivity index (χ2v) is 5.89. The summed E-state index contributed by atoms with van der Waals surface area (Å²) in [5.41, 5.74) is 6.72. The summed E-state index contributed by atoms with van der Waals surface area (Å²) in [5.74, 6) is 0.00425. The molecule has 0 saturated heterocycles. The normalized spacial score (nSPS) is 20.7. The smallest absolute Gasteiger partial charge is 0.230 e. The van der Waals surface area contributed by atoms with Gasteiger partial charge in [-0.3, -0.25) is 4.79 Å². The van der Waals surface area contributed by atoms with Gasteiger partial charge in [0.05, 0.1) is 12.0 Å². The van der Waals surface area contributed by atoms with Crippen LogP contribution in [-0.4, -0.2) is 34.9 Å². The Hall–Kier alpha value is -1.56. The maximum atomic E-state index is 12.6. The van der Waals surface area contributed by atoms with E-state index in [1.165, 1.54) is 4.88 Å². The Morgan fingerprint density at radius 3 is 3.11 bits per heavy atom. The fourth-order valence-electron chi connectivity index (χ4n) is 2.46. The van der Waals surface area contributed by atoms with Crippen LogP contribution in [0.15, 0.2) is 16.6 Å². The van der Waals surface area contributed by atoms with Crippen LogP contribution in [0, 0.1) is 0 Å².